The van der Waals surface area contributed by atoms with Crippen LogP contribution in [-0.4, -0.2) is 20.9 Å². The first-order chi connectivity index (χ1) is 16.2. The number of halogens is 1. The average molecular weight is 478 g/mol. The fraction of sp³-hybridized carbons (Fsp3) is 0.269. The fourth-order valence-corrected chi connectivity index (χ4v) is 5.57. The van der Waals surface area contributed by atoms with E-state index in [1.165, 1.54) is 17.8 Å². The van der Waals surface area contributed by atoms with Crippen molar-refractivity contribution in [1.29, 1.82) is 0 Å². The highest BCUT2D eigenvalue weighted by atomic mass is 32.2. The van der Waals surface area contributed by atoms with Gasteiger partial charge in [0.1, 0.15) is 17.4 Å². The van der Waals surface area contributed by atoms with Crippen molar-refractivity contribution < 1.29 is 14.3 Å². The number of aromatic amines is 1. The van der Waals surface area contributed by atoms with Gasteiger partial charge in [0.15, 0.2) is 10.9 Å². The first-order valence-corrected chi connectivity index (χ1v) is 12.0. The highest BCUT2D eigenvalue weighted by molar-refractivity contribution is 7.98. The number of Topliss-reactive ketones (excluding diaryl/α,β-unsaturated/α-hetero) is 1. The van der Waals surface area contributed by atoms with Crippen molar-refractivity contribution in [3.05, 3.63) is 92.7 Å². The topological polar surface area (TPSA) is 95.1 Å². The number of allylic oxidation sites excluding steroid dienone is 2. The SMILES string of the molecule is CC1(C)CC(=O)C2=C(C1)Nc1nc(SCc3ccccc3F)[nH]c(=O)c1C2c1ccc(O)cc1. The number of nitrogens with one attached hydrogen (secondary N) is 2. The van der Waals surface area contributed by atoms with Gasteiger partial charge in [-0.3, -0.25) is 9.59 Å². The van der Waals surface area contributed by atoms with Gasteiger partial charge in [-0.15, -0.1) is 0 Å². The zero-order chi connectivity index (χ0) is 24.0. The van der Waals surface area contributed by atoms with E-state index >= 15 is 0 Å². The smallest absolute Gasteiger partial charge is 0.257 e. The number of fused-ring (bicyclic) bond motifs is 1. The Hall–Kier alpha value is -3.39. The lowest BCUT2D eigenvalue weighted by atomic mass is 9.69. The largest absolute Gasteiger partial charge is 0.508 e. The molecule has 2 aliphatic rings. The molecule has 0 saturated carbocycles. The number of carbonyl (C=O) groups excluding carboxylic acids is 1. The zero-order valence-corrected chi connectivity index (χ0v) is 19.6. The molecule has 0 fully saturated rings. The van der Waals surface area contributed by atoms with Crippen molar-refractivity contribution in [3.63, 3.8) is 0 Å². The minimum Gasteiger partial charge on any atom is -0.508 e. The maximum Gasteiger partial charge on any atom is 0.257 e. The molecule has 2 heterocycles. The summed E-state index contributed by atoms with van der Waals surface area (Å²) in [5.74, 6) is -0.0667. The van der Waals surface area contributed by atoms with Gasteiger partial charge in [-0.1, -0.05) is 55.9 Å². The predicted octanol–water partition coefficient (Wildman–Crippen LogP) is 5.11. The van der Waals surface area contributed by atoms with E-state index in [4.69, 9.17) is 0 Å². The van der Waals surface area contributed by atoms with Crippen LogP contribution < -0.4 is 10.9 Å². The molecule has 0 spiro atoms. The van der Waals surface area contributed by atoms with Gasteiger partial charge in [-0.25, -0.2) is 9.37 Å². The number of anilines is 1. The van der Waals surface area contributed by atoms with Gasteiger partial charge >= 0.3 is 0 Å². The summed E-state index contributed by atoms with van der Waals surface area (Å²) in [5, 5.41) is 13.4. The number of hydrogen-bond acceptors (Lipinski definition) is 6. The van der Waals surface area contributed by atoms with Gasteiger partial charge in [0, 0.05) is 29.4 Å². The summed E-state index contributed by atoms with van der Waals surface area (Å²) >= 11 is 1.24. The zero-order valence-electron chi connectivity index (χ0n) is 18.8. The number of benzene rings is 2. The standard InChI is InChI=1S/C26H24FN3O3S/c1-26(2)11-18-21(19(32)12-26)20(14-7-9-16(31)10-8-14)22-23(28-18)29-25(30-24(22)33)34-13-15-5-3-4-6-17(15)27/h3-10,20,31H,11-13H2,1-2H3,(H2,28,29,30,33). The quantitative estimate of drug-likeness (QED) is 0.357. The minimum absolute atomic E-state index is 0.000112. The van der Waals surface area contributed by atoms with Crippen molar-refractivity contribution in [2.24, 2.45) is 5.41 Å². The van der Waals surface area contributed by atoms with Crippen molar-refractivity contribution in [2.75, 3.05) is 5.32 Å². The summed E-state index contributed by atoms with van der Waals surface area (Å²) < 4.78 is 14.0. The Morgan fingerprint density at radius 3 is 2.59 bits per heavy atom. The van der Waals surface area contributed by atoms with Gasteiger partial charge < -0.3 is 15.4 Å². The van der Waals surface area contributed by atoms with Gasteiger partial charge in [-0.2, -0.15) is 0 Å². The maximum absolute atomic E-state index is 14.0. The molecule has 174 valence electrons. The Balaban J connectivity index is 1.59. The lowest BCUT2D eigenvalue weighted by Gasteiger charge is -2.38. The third kappa shape index (κ3) is 4.14. The van der Waals surface area contributed by atoms with E-state index in [1.54, 1.807) is 42.5 Å². The number of phenols is 1. The van der Waals surface area contributed by atoms with E-state index in [2.05, 4.69) is 15.3 Å². The molecule has 2 aromatic carbocycles. The predicted molar refractivity (Wildman–Crippen MR) is 129 cm³/mol. The molecule has 1 aromatic heterocycles. The van der Waals surface area contributed by atoms with Gasteiger partial charge in [0.2, 0.25) is 0 Å². The average Bonchev–Trinajstić information content (AvgIpc) is 2.77. The third-order valence-corrected chi connectivity index (χ3v) is 7.17. The minimum atomic E-state index is -0.586. The number of phenolic OH excluding ortho intramolecular Hbond substituents is 1. The Morgan fingerprint density at radius 2 is 1.85 bits per heavy atom. The number of ketones is 1. The second-order valence-corrected chi connectivity index (χ2v) is 10.5. The number of H-pyrrole nitrogens is 1. The molecular formula is C26H24FN3O3S. The number of carbonyl (C=O) groups is 1. The van der Waals surface area contributed by atoms with E-state index in [1.807, 2.05) is 13.8 Å². The first kappa shape index (κ1) is 22.4. The van der Waals surface area contributed by atoms with Crippen molar-refractivity contribution in [3.8, 4) is 5.75 Å². The van der Waals surface area contributed by atoms with Gasteiger partial charge in [0.05, 0.1) is 5.56 Å². The molecule has 5 rings (SSSR count). The summed E-state index contributed by atoms with van der Waals surface area (Å²) in [7, 11) is 0. The molecule has 6 nitrogen and oxygen atoms in total. The highest BCUT2D eigenvalue weighted by Crippen LogP contribution is 2.47. The van der Waals surface area contributed by atoms with Crippen LogP contribution in [0.2, 0.25) is 0 Å². The molecule has 1 aliphatic heterocycles. The lowest BCUT2D eigenvalue weighted by Crippen LogP contribution is -2.37. The summed E-state index contributed by atoms with van der Waals surface area (Å²) in [6.45, 7) is 4.09. The summed E-state index contributed by atoms with van der Waals surface area (Å²) in [5.41, 5.74) is 2.41. The molecule has 0 bridgehead atoms. The molecule has 34 heavy (non-hydrogen) atoms. The monoisotopic (exact) mass is 477 g/mol. The molecule has 3 aromatic rings. The molecule has 1 atom stereocenters. The van der Waals surface area contributed by atoms with Crippen LogP contribution in [-0.2, 0) is 10.5 Å². The number of thioether (sulfide) groups is 1. The Labute approximate surface area is 200 Å². The molecule has 1 unspecified atom stereocenters. The van der Waals surface area contributed by atoms with Gasteiger partial charge in [0.25, 0.3) is 5.56 Å². The van der Waals surface area contributed by atoms with Crippen LogP contribution >= 0.6 is 11.8 Å². The Bertz CT molecular complexity index is 1380. The van der Waals surface area contributed by atoms with Crippen LogP contribution in [0.15, 0.2) is 69.8 Å². The third-order valence-electron chi connectivity index (χ3n) is 6.25. The Morgan fingerprint density at radius 1 is 1.12 bits per heavy atom. The van der Waals surface area contributed by atoms with Crippen molar-refractivity contribution >= 4 is 23.4 Å². The summed E-state index contributed by atoms with van der Waals surface area (Å²) in [6.07, 6.45) is 1.04. The molecule has 0 saturated heterocycles. The van der Waals surface area contributed by atoms with Crippen LogP contribution in [0, 0.1) is 11.2 Å². The van der Waals surface area contributed by atoms with Crippen LogP contribution in [0.4, 0.5) is 10.2 Å². The molecule has 1 aliphatic carbocycles. The van der Waals surface area contributed by atoms with E-state index < -0.39 is 5.92 Å². The Kier molecular flexibility index (Phi) is 5.56. The van der Waals surface area contributed by atoms with E-state index in [-0.39, 0.29) is 28.3 Å². The first-order valence-electron chi connectivity index (χ1n) is 11.0. The van der Waals surface area contributed by atoms with Gasteiger partial charge in [-0.05, 0) is 41.2 Å². The van der Waals surface area contributed by atoms with E-state index in [9.17, 15) is 19.1 Å². The number of rotatable bonds is 4. The number of aromatic nitrogens is 2. The molecular weight excluding hydrogens is 453 g/mol. The lowest BCUT2D eigenvalue weighted by molar-refractivity contribution is -0.118. The van der Waals surface area contributed by atoms with E-state index in [0.717, 1.165) is 11.3 Å². The van der Waals surface area contributed by atoms with Crippen LogP contribution in [0.5, 0.6) is 5.75 Å². The van der Waals surface area contributed by atoms with Crippen molar-refractivity contribution in [1.82, 2.24) is 9.97 Å². The van der Waals surface area contributed by atoms with Crippen LogP contribution in [0.25, 0.3) is 0 Å². The summed E-state index contributed by atoms with van der Waals surface area (Å²) in [4.78, 5) is 34.0. The van der Waals surface area contributed by atoms with Crippen LogP contribution in [0.3, 0.4) is 0 Å². The molecule has 0 amide bonds. The second-order valence-electron chi connectivity index (χ2n) is 9.50. The number of hydrogen-bond donors (Lipinski definition) is 3. The normalized spacial score (nSPS) is 18.8. The molecule has 8 heteroatoms. The fourth-order valence-electron chi connectivity index (χ4n) is 4.72. The number of aromatic hydroxyl groups is 1. The second kappa shape index (κ2) is 8.43. The molecule has 3 N–H and O–H groups in total. The number of nitrogens with zero attached hydrogens (tertiary/aromatic N) is 1. The van der Waals surface area contributed by atoms with E-state index in [0.29, 0.717) is 46.3 Å². The maximum atomic E-state index is 14.0. The van der Waals surface area contributed by atoms with Crippen molar-refractivity contribution in [2.45, 2.75) is 43.5 Å². The van der Waals surface area contributed by atoms with Crippen LogP contribution in [0.1, 0.15) is 49.3 Å². The summed E-state index contributed by atoms with van der Waals surface area (Å²) in [6, 6.07) is 13.1. The highest BCUT2D eigenvalue weighted by Gasteiger charge is 2.42. The molecule has 0 radical (unpaired) electrons.